The van der Waals surface area contributed by atoms with E-state index in [0.717, 1.165) is 13.1 Å². The minimum atomic E-state index is -0.747. The predicted molar refractivity (Wildman–Crippen MR) is 53.3 cm³/mol. The van der Waals surface area contributed by atoms with Crippen LogP contribution < -0.4 is 0 Å². The van der Waals surface area contributed by atoms with Gasteiger partial charge in [-0.25, -0.2) is 0 Å². The largest absolute Gasteiger partial charge is 0.392 e. The van der Waals surface area contributed by atoms with Crippen LogP contribution in [0.25, 0.3) is 0 Å². The fraction of sp³-hybridized carbons (Fsp3) is 0.800. The fourth-order valence-corrected chi connectivity index (χ4v) is 2.15. The smallest absolute Gasteiger partial charge is 0.149 e. The van der Waals surface area contributed by atoms with Crippen LogP contribution in [0.4, 0.5) is 0 Å². The summed E-state index contributed by atoms with van der Waals surface area (Å²) in [6.45, 7) is 3.79. The Balaban J connectivity index is 2.06. The van der Waals surface area contributed by atoms with Crippen LogP contribution in [0, 0.1) is 0 Å². The van der Waals surface area contributed by atoms with Crippen molar-refractivity contribution in [3.8, 4) is 0 Å². The molecule has 0 radical (unpaired) electrons. The predicted octanol–water partition coefficient (Wildman–Crippen LogP) is -0.0616. The van der Waals surface area contributed by atoms with Crippen molar-refractivity contribution >= 4 is 0 Å². The highest BCUT2D eigenvalue weighted by molar-refractivity contribution is 5.13. The molecule has 1 aliphatic heterocycles. The molecule has 0 aromatic rings. The van der Waals surface area contributed by atoms with Crippen molar-refractivity contribution in [3.63, 3.8) is 0 Å². The van der Waals surface area contributed by atoms with Crippen LogP contribution in [0.15, 0.2) is 12.4 Å². The normalized spacial score (nSPS) is 25.6. The molecule has 1 spiro atoms. The maximum Gasteiger partial charge on any atom is 0.149 e. The first-order chi connectivity index (χ1) is 6.72. The third-order valence-electron chi connectivity index (χ3n) is 3.24. The third-order valence-corrected chi connectivity index (χ3v) is 3.24. The molecule has 1 atom stereocenters. The molecule has 0 aromatic heterocycles. The molecular formula is C10H18N2O2. The molecule has 1 saturated carbocycles. The van der Waals surface area contributed by atoms with Gasteiger partial charge >= 0.3 is 0 Å². The van der Waals surface area contributed by atoms with Crippen LogP contribution in [0.1, 0.15) is 19.8 Å². The number of aliphatic hydroxyl groups excluding tert-OH is 2. The highest BCUT2D eigenvalue weighted by Crippen LogP contribution is 2.44. The summed E-state index contributed by atoms with van der Waals surface area (Å²) in [6, 6.07) is 0. The monoisotopic (exact) mass is 198 g/mol. The number of hydrogen-bond donors (Lipinski definition) is 2. The van der Waals surface area contributed by atoms with E-state index in [1.807, 2.05) is 17.3 Å². The molecular weight excluding hydrogens is 180 g/mol. The Labute approximate surface area is 84.4 Å². The molecule has 0 amide bonds. The molecule has 0 aromatic carbocycles. The summed E-state index contributed by atoms with van der Waals surface area (Å²) in [5.41, 5.74) is 0.250. The lowest BCUT2D eigenvalue weighted by Gasteiger charge is -2.40. The summed E-state index contributed by atoms with van der Waals surface area (Å²) in [6.07, 6.45) is 5.53. The van der Waals surface area contributed by atoms with Crippen molar-refractivity contribution in [2.24, 2.45) is 0 Å². The second-order valence-corrected chi connectivity index (χ2v) is 4.14. The van der Waals surface area contributed by atoms with Crippen molar-refractivity contribution in [2.75, 3.05) is 19.7 Å². The average molecular weight is 198 g/mol. The summed E-state index contributed by atoms with van der Waals surface area (Å²) in [5.74, 6) is 0. The minimum Gasteiger partial charge on any atom is -0.392 e. The van der Waals surface area contributed by atoms with E-state index in [1.165, 1.54) is 12.8 Å². The van der Waals surface area contributed by atoms with Crippen LogP contribution >= 0.6 is 0 Å². The first-order valence-electron chi connectivity index (χ1n) is 5.21. The summed E-state index contributed by atoms with van der Waals surface area (Å²) in [7, 11) is 0. The van der Waals surface area contributed by atoms with Crippen LogP contribution in [0.5, 0.6) is 0 Å². The molecule has 2 N–H and O–H groups in total. The Bertz CT molecular complexity index is 238. The fourth-order valence-electron chi connectivity index (χ4n) is 2.15. The van der Waals surface area contributed by atoms with Crippen LogP contribution in [0.2, 0.25) is 0 Å². The highest BCUT2D eigenvalue weighted by Gasteiger charge is 2.49. The van der Waals surface area contributed by atoms with E-state index in [1.54, 1.807) is 0 Å². The Morgan fingerprint density at radius 3 is 2.64 bits per heavy atom. The van der Waals surface area contributed by atoms with Crippen molar-refractivity contribution in [1.82, 2.24) is 9.80 Å². The van der Waals surface area contributed by atoms with Gasteiger partial charge in [0, 0.05) is 25.5 Å². The first kappa shape index (κ1) is 9.80. The van der Waals surface area contributed by atoms with Gasteiger partial charge in [-0.3, -0.25) is 0 Å². The molecule has 1 aliphatic carbocycles. The van der Waals surface area contributed by atoms with Gasteiger partial charge in [0.05, 0.1) is 12.1 Å². The molecule has 4 heteroatoms. The molecule has 0 bridgehead atoms. The zero-order valence-electron chi connectivity index (χ0n) is 8.56. The van der Waals surface area contributed by atoms with Crippen LogP contribution in [0.3, 0.4) is 0 Å². The lowest BCUT2D eigenvalue weighted by Crippen LogP contribution is -2.49. The number of aliphatic hydroxyl groups is 2. The van der Waals surface area contributed by atoms with Gasteiger partial charge in [0.15, 0.2) is 0 Å². The van der Waals surface area contributed by atoms with Crippen LogP contribution in [-0.2, 0) is 0 Å². The molecule has 2 rings (SSSR count). The third kappa shape index (κ3) is 1.48. The van der Waals surface area contributed by atoms with Gasteiger partial charge in [-0.1, -0.05) is 0 Å². The maximum atomic E-state index is 9.51. The zero-order valence-corrected chi connectivity index (χ0v) is 8.56. The standard InChI is InChI=1S/C10H18N2O2/c1-2-12-6-5-11(9(14)7-13)8-10(12)3-4-10/h5-6,9,13-14H,2-4,7-8H2,1H3. The summed E-state index contributed by atoms with van der Waals surface area (Å²) in [4.78, 5) is 4.15. The lowest BCUT2D eigenvalue weighted by molar-refractivity contribution is -0.0276. The summed E-state index contributed by atoms with van der Waals surface area (Å²) in [5, 5.41) is 18.4. The molecule has 4 nitrogen and oxygen atoms in total. The number of likely N-dealkylation sites (N-methyl/N-ethyl adjacent to an activating group) is 1. The Hall–Kier alpha value is -0.740. The van der Waals surface area contributed by atoms with E-state index in [9.17, 15) is 5.11 Å². The van der Waals surface area contributed by atoms with E-state index in [0.29, 0.717) is 0 Å². The topological polar surface area (TPSA) is 46.9 Å². The van der Waals surface area contributed by atoms with Gasteiger partial charge in [0.1, 0.15) is 6.23 Å². The Morgan fingerprint density at radius 2 is 2.14 bits per heavy atom. The van der Waals surface area contributed by atoms with E-state index in [-0.39, 0.29) is 12.1 Å². The Morgan fingerprint density at radius 1 is 1.43 bits per heavy atom. The molecule has 80 valence electrons. The quantitative estimate of drug-likeness (QED) is 0.667. The van der Waals surface area contributed by atoms with E-state index < -0.39 is 6.23 Å². The molecule has 2 aliphatic rings. The second-order valence-electron chi connectivity index (χ2n) is 4.14. The molecule has 14 heavy (non-hydrogen) atoms. The van der Waals surface area contributed by atoms with Crippen LogP contribution in [-0.4, -0.2) is 51.5 Å². The van der Waals surface area contributed by atoms with Crippen molar-refractivity contribution in [3.05, 3.63) is 12.4 Å². The molecule has 0 saturated heterocycles. The molecule has 1 heterocycles. The molecule has 1 unspecified atom stereocenters. The lowest BCUT2D eigenvalue weighted by atomic mass is 10.1. The van der Waals surface area contributed by atoms with Gasteiger partial charge < -0.3 is 20.0 Å². The van der Waals surface area contributed by atoms with Gasteiger partial charge in [-0.2, -0.15) is 0 Å². The molecule has 1 fully saturated rings. The zero-order chi connectivity index (χ0) is 10.2. The van der Waals surface area contributed by atoms with E-state index in [2.05, 4.69) is 11.8 Å². The Kier molecular flexibility index (Phi) is 2.41. The SMILES string of the molecule is CCN1C=CN(C(O)CO)CC12CC2. The average Bonchev–Trinajstić information content (AvgIpc) is 2.97. The van der Waals surface area contributed by atoms with Gasteiger partial charge in [0.25, 0.3) is 0 Å². The van der Waals surface area contributed by atoms with E-state index in [4.69, 9.17) is 5.11 Å². The van der Waals surface area contributed by atoms with Gasteiger partial charge in [0.2, 0.25) is 0 Å². The van der Waals surface area contributed by atoms with Gasteiger partial charge in [-0.15, -0.1) is 0 Å². The number of nitrogens with zero attached hydrogens (tertiary/aromatic N) is 2. The number of rotatable bonds is 3. The van der Waals surface area contributed by atoms with Gasteiger partial charge in [-0.05, 0) is 19.8 Å². The second kappa shape index (κ2) is 3.44. The minimum absolute atomic E-state index is 0.202. The summed E-state index contributed by atoms with van der Waals surface area (Å²) >= 11 is 0. The summed E-state index contributed by atoms with van der Waals surface area (Å²) < 4.78 is 0. The van der Waals surface area contributed by atoms with Crippen molar-refractivity contribution < 1.29 is 10.2 Å². The van der Waals surface area contributed by atoms with E-state index >= 15 is 0 Å². The van der Waals surface area contributed by atoms with Crippen molar-refractivity contribution in [2.45, 2.75) is 31.5 Å². The van der Waals surface area contributed by atoms with Crippen molar-refractivity contribution in [1.29, 1.82) is 0 Å². The first-order valence-corrected chi connectivity index (χ1v) is 5.21. The maximum absolute atomic E-state index is 9.51. The number of hydrogen-bond acceptors (Lipinski definition) is 4. The highest BCUT2D eigenvalue weighted by atomic mass is 16.3.